The van der Waals surface area contributed by atoms with Gasteiger partial charge in [-0.25, -0.2) is 0 Å². The average Bonchev–Trinajstić information content (AvgIpc) is 2.23. The third-order valence-electron chi connectivity index (χ3n) is 2.02. The number of nitrogens with two attached hydrogens (primary N) is 1. The molecule has 1 aromatic heterocycles. The Balaban J connectivity index is 3.13. The molecule has 2 N–H and O–H groups in total. The van der Waals surface area contributed by atoms with Crippen molar-refractivity contribution in [1.82, 2.24) is 9.78 Å². The summed E-state index contributed by atoms with van der Waals surface area (Å²) in [5, 5.41) is 4.28. The molecule has 14 heavy (non-hydrogen) atoms. The fourth-order valence-electron chi connectivity index (χ4n) is 1.18. The van der Waals surface area contributed by atoms with E-state index in [1.807, 2.05) is 39.4 Å². The van der Waals surface area contributed by atoms with E-state index in [-0.39, 0.29) is 0 Å². The SMILES string of the molecule is Cc1nn(C)c(C)c1C#CC(C)(C)N. The Morgan fingerprint density at radius 1 is 1.36 bits per heavy atom. The molecule has 1 heterocycles. The van der Waals surface area contributed by atoms with Gasteiger partial charge in [-0.05, 0) is 27.7 Å². The Morgan fingerprint density at radius 2 is 1.93 bits per heavy atom. The van der Waals surface area contributed by atoms with Gasteiger partial charge in [0.2, 0.25) is 0 Å². The van der Waals surface area contributed by atoms with Crippen LogP contribution in [-0.2, 0) is 7.05 Å². The van der Waals surface area contributed by atoms with Gasteiger partial charge >= 0.3 is 0 Å². The highest BCUT2D eigenvalue weighted by Gasteiger charge is 2.08. The molecule has 3 heteroatoms. The number of rotatable bonds is 0. The molecule has 0 aliphatic heterocycles. The van der Waals surface area contributed by atoms with Gasteiger partial charge in [-0.15, -0.1) is 0 Å². The lowest BCUT2D eigenvalue weighted by molar-refractivity contribution is 0.680. The molecule has 0 aliphatic rings. The van der Waals surface area contributed by atoms with Gasteiger partial charge in [-0.1, -0.05) is 11.8 Å². The van der Waals surface area contributed by atoms with Crippen LogP contribution in [0.2, 0.25) is 0 Å². The van der Waals surface area contributed by atoms with Crippen molar-refractivity contribution in [3.63, 3.8) is 0 Å². The molecule has 0 radical (unpaired) electrons. The summed E-state index contributed by atoms with van der Waals surface area (Å²) in [5.41, 5.74) is 8.37. The molecule has 1 aromatic rings. The van der Waals surface area contributed by atoms with Crippen LogP contribution in [0.1, 0.15) is 30.8 Å². The van der Waals surface area contributed by atoms with E-state index in [0.29, 0.717) is 0 Å². The third kappa shape index (κ3) is 2.36. The van der Waals surface area contributed by atoms with Crippen molar-refractivity contribution in [3.8, 4) is 11.8 Å². The Labute approximate surface area is 85.3 Å². The van der Waals surface area contributed by atoms with Crippen LogP contribution in [0.5, 0.6) is 0 Å². The van der Waals surface area contributed by atoms with E-state index in [0.717, 1.165) is 17.0 Å². The highest BCUT2D eigenvalue weighted by Crippen LogP contribution is 2.10. The molecule has 0 atom stereocenters. The van der Waals surface area contributed by atoms with Crippen molar-refractivity contribution in [2.75, 3.05) is 0 Å². The Hall–Kier alpha value is -1.27. The second-order valence-corrected chi connectivity index (χ2v) is 4.14. The summed E-state index contributed by atoms with van der Waals surface area (Å²) in [5.74, 6) is 6.09. The van der Waals surface area contributed by atoms with Gasteiger partial charge in [0.05, 0.1) is 22.5 Å². The maximum atomic E-state index is 5.79. The summed E-state index contributed by atoms with van der Waals surface area (Å²) < 4.78 is 1.84. The van der Waals surface area contributed by atoms with Gasteiger partial charge in [-0.3, -0.25) is 4.68 Å². The van der Waals surface area contributed by atoms with Crippen molar-refractivity contribution in [2.45, 2.75) is 33.2 Å². The van der Waals surface area contributed by atoms with E-state index in [1.165, 1.54) is 0 Å². The maximum Gasteiger partial charge on any atom is 0.0752 e. The predicted octanol–water partition coefficient (Wildman–Crippen LogP) is 1.13. The first-order valence-electron chi connectivity index (χ1n) is 4.63. The molecule has 1 rings (SSSR count). The number of hydrogen-bond donors (Lipinski definition) is 1. The molecule has 0 unspecified atom stereocenters. The van der Waals surface area contributed by atoms with Gasteiger partial charge < -0.3 is 5.73 Å². The smallest absolute Gasteiger partial charge is 0.0752 e. The Bertz CT molecular complexity index is 397. The average molecular weight is 191 g/mol. The summed E-state index contributed by atoms with van der Waals surface area (Å²) in [6.45, 7) is 7.75. The normalized spacial score (nSPS) is 11.0. The summed E-state index contributed by atoms with van der Waals surface area (Å²) in [7, 11) is 1.92. The molecule has 0 bridgehead atoms. The predicted molar refractivity (Wildman–Crippen MR) is 57.8 cm³/mol. The molecule has 0 spiro atoms. The van der Waals surface area contributed by atoms with E-state index in [1.54, 1.807) is 0 Å². The lowest BCUT2D eigenvalue weighted by Crippen LogP contribution is -2.29. The molecule has 3 nitrogen and oxygen atoms in total. The van der Waals surface area contributed by atoms with Gasteiger partial charge in [0.1, 0.15) is 0 Å². The minimum atomic E-state index is -0.450. The molecule has 0 aliphatic carbocycles. The van der Waals surface area contributed by atoms with Crippen molar-refractivity contribution in [1.29, 1.82) is 0 Å². The number of aromatic nitrogens is 2. The molecule has 0 saturated carbocycles. The van der Waals surface area contributed by atoms with Crippen molar-refractivity contribution in [2.24, 2.45) is 12.8 Å². The highest BCUT2D eigenvalue weighted by atomic mass is 15.3. The zero-order valence-corrected chi connectivity index (χ0v) is 9.47. The van der Waals surface area contributed by atoms with Crippen LogP contribution in [0.3, 0.4) is 0 Å². The first-order valence-corrected chi connectivity index (χ1v) is 4.63. The molecule has 76 valence electrons. The molecule has 0 fully saturated rings. The van der Waals surface area contributed by atoms with Gasteiger partial charge in [-0.2, -0.15) is 5.10 Å². The van der Waals surface area contributed by atoms with Crippen LogP contribution in [0.4, 0.5) is 0 Å². The molecular weight excluding hydrogens is 174 g/mol. The largest absolute Gasteiger partial charge is 0.316 e. The van der Waals surface area contributed by atoms with E-state index in [2.05, 4.69) is 16.9 Å². The van der Waals surface area contributed by atoms with Crippen molar-refractivity contribution in [3.05, 3.63) is 17.0 Å². The van der Waals surface area contributed by atoms with Crippen LogP contribution in [0.25, 0.3) is 0 Å². The summed E-state index contributed by atoms with van der Waals surface area (Å²) in [6.07, 6.45) is 0. The second kappa shape index (κ2) is 3.47. The zero-order valence-electron chi connectivity index (χ0n) is 9.47. The van der Waals surface area contributed by atoms with Crippen LogP contribution >= 0.6 is 0 Å². The number of nitrogens with zero attached hydrogens (tertiary/aromatic N) is 2. The zero-order chi connectivity index (χ0) is 10.9. The standard InChI is InChI=1S/C11H17N3/c1-8-10(6-7-11(3,4)12)9(2)14(5)13-8/h12H2,1-5H3. The van der Waals surface area contributed by atoms with E-state index in [4.69, 9.17) is 5.73 Å². The molecule has 0 amide bonds. The summed E-state index contributed by atoms with van der Waals surface area (Å²) in [4.78, 5) is 0. The van der Waals surface area contributed by atoms with Crippen molar-refractivity contribution < 1.29 is 0 Å². The van der Waals surface area contributed by atoms with Gasteiger partial charge in [0.15, 0.2) is 0 Å². The van der Waals surface area contributed by atoms with Crippen LogP contribution in [0.15, 0.2) is 0 Å². The first kappa shape index (κ1) is 10.8. The lowest BCUT2D eigenvalue weighted by atomic mass is 10.1. The number of hydrogen-bond acceptors (Lipinski definition) is 2. The van der Waals surface area contributed by atoms with E-state index in [9.17, 15) is 0 Å². The topological polar surface area (TPSA) is 43.8 Å². The monoisotopic (exact) mass is 191 g/mol. The molecular formula is C11H17N3. The van der Waals surface area contributed by atoms with E-state index < -0.39 is 5.54 Å². The summed E-state index contributed by atoms with van der Waals surface area (Å²) >= 11 is 0. The van der Waals surface area contributed by atoms with E-state index >= 15 is 0 Å². The maximum absolute atomic E-state index is 5.79. The Morgan fingerprint density at radius 3 is 2.29 bits per heavy atom. The lowest BCUT2D eigenvalue weighted by Gasteiger charge is -2.07. The summed E-state index contributed by atoms with van der Waals surface area (Å²) in [6, 6.07) is 0. The minimum absolute atomic E-state index is 0.450. The minimum Gasteiger partial charge on any atom is -0.316 e. The number of aryl methyl sites for hydroxylation is 2. The second-order valence-electron chi connectivity index (χ2n) is 4.14. The molecule has 0 aromatic carbocycles. The van der Waals surface area contributed by atoms with Gasteiger partial charge in [0.25, 0.3) is 0 Å². The van der Waals surface area contributed by atoms with Crippen LogP contribution in [-0.4, -0.2) is 15.3 Å². The molecule has 0 saturated heterocycles. The van der Waals surface area contributed by atoms with Gasteiger partial charge in [0, 0.05) is 7.05 Å². The van der Waals surface area contributed by atoms with Crippen LogP contribution < -0.4 is 5.73 Å². The quantitative estimate of drug-likeness (QED) is 0.625. The highest BCUT2D eigenvalue weighted by molar-refractivity contribution is 5.42. The first-order chi connectivity index (χ1) is 6.31. The fraction of sp³-hybridized carbons (Fsp3) is 0.545. The van der Waals surface area contributed by atoms with Crippen LogP contribution in [0, 0.1) is 25.7 Å². The Kier molecular flexibility index (Phi) is 2.68. The fourth-order valence-corrected chi connectivity index (χ4v) is 1.18. The third-order valence-corrected chi connectivity index (χ3v) is 2.02. The van der Waals surface area contributed by atoms with Crippen molar-refractivity contribution >= 4 is 0 Å².